The monoisotopic (exact) mass is 325 g/mol. The third kappa shape index (κ3) is 4.60. The van der Waals surface area contributed by atoms with Crippen molar-refractivity contribution in [2.45, 2.75) is 46.6 Å². The van der Waals surface area contributed by atoms with Gasteiger partial charge in [0.15, 0.2) is 6.61 Å². The van der Waals surface area contributed by atoms with E-state index in [1.54, 1.807) is 0 Å². The van der Waals surface area contributed by atoms with Crippen molar-refractivity contribution in [2.24, 2.45) is 0 Å². The molecule has 0 saturated carbocycles. The molecule has 1 atom stereocenters. The fourth-order valence-electron chi connectivity index (χ4n) is 2.82. The van der Waals surface area contributed by atoms with E-state index >= 15 is 0 Å². The Bertz CT molecular complexity index is 707. The van der Waals surface area contributed by atoms with Crippen molar-refractivity contribution >= 4 is 5.91 Å². The molecule has 0 fully saturated rings. The summed E-state index contributed by atoms with van der Waals surface area (Å²) in [5, 5.41) is 3.02. The minimum atomic E-state index is -0.109. The van der Waals surface area contributed by atoms with Gasteiger partial charge in [0.1, 0.15) is 5.75 Å². The molecular weight excluding hydrogens is 298 g/mol. The molecule has 0 aliphatic carbocycles. The van der Waals surface area contributed by atoms with Crippen LogP contribution >= 0.6 is 0 Å². The molecule has 0 unspecified atom stereocenters. The van der Waals surface area contributed by atoms with E-state index in [1.165, 1.54) is 11.1 Å². The van der Waals surface area contributed by atoms with Crippen molar-refractivity contribution in [1.29, 1.82) is 0 Å². The summed E-state index contributed by atoms with van der Waals surface area (Å²) in [7, 11) is 0. The first kappa shape index (κ1) is 18.1. The van der Waals surface area contributed by atoms with Gasteiger partial charge in [-0.15, -0.1) is 0 Å². The lowest BCUT2D eigenvalue weighted by atomic mass is 10.00. The second kappa shape index (κ2) is 8.00. The fraction of sp³-hybridized carbons (Fsp3) is 0.381. The summed E-state index contributed by atoms with van der Waals surface area (Å²) in [6, 6.07) is 14.1. The van der Waals surface area contributed by atoms with Crippen LogP contribution in [0.5, 0.6) is 5.75 Å². The molecule has 0 aliphatic heterocycles. The van der Waals surface area contributed by atoms with E-state index in [9.17, 15) is 4.79 Å². The molecule has 2 aromatic rings. The maximum atomic E-state index is 12.2. The molecule has 0 saturated heterocycles. The molecule has 3 nitrogen and oxygen atoms in total. The molecule has 0 aromatic heterocycles. The van der Waals surface area contributed by atoms with Crippen LogP contribution in [0.3, 0.4) is 0 Å². The van der Waals surface area contributed by atoms with Gasteiger partial charge in [-0.1, -0.05) is 55.8 Å². The first-order chi connectivity index (χ1) is 11.4. The van der Waals surface area contributed by atoms with Gasteiger partial charge in [0.05, 0.1) is 6.04 Å². The van der Waals surface area contributed by atoms with E-state index in [0.717, 1.165) is 16.9 Å². The van der Waals surface area contributed by atoms with E-state index in [1.807, 2.05) is 31.2 Å². The highest BCUT2D eigenvalue weighted by molar-refractivity contribution is 5.78. The fourth-order valence-corrected chi connectivity index (χ4v) is 2.82. The Balaban J connectivity index is 1.98. The van der Waals surface area contributed by atoms with Gasteiger partial charge in [-0.05, 0) is 49.4 Å². The molecule has 0 aliphatic rings. The maximum Gasteiger partial charge on any atom is 0.258 e. The Morgan fingerprint density at radius 1 is 1.04 bits per heavy atom. The predicted octanol–water partition coefficient (Wildman–Crippen LogP) is 4.68. The second-order valence-electron chi connectivity index (χ2n) is 6.63. The standard InChI is InChI=1S/C21H27NO2/c1-14(2)18-8-6-7-9-20(18)24-13-21(23)22-17(5)19-12-15(3)10-11-16(19)4/h6-12,14,17H,13H2,1-5H3,(H,22,23)/t17-/m1/s1. The summed E-state index contributed by atoms with van der Waals surface area (Å²) in [5.74, 6) is 1.03. The Morgan fingerprint density at radius 3 is 2.46 bits per heavy atom. The van der Waals surface area contributed by atoms with Gasteiger partial charge in [0.25, 0.3) is 5.91 Å². The number of carbonyl (C=O) groups is 1. The number of aryl methyl sites for hydroxylation is 2. The van der Waals surface area contributed by atoms with Crippen LogP contribution in [0, 0.1) is 13.8 Å². The van der Waals surface area contributed by atoms with E-state index in [4.69, 9.17) is 4.74 Å². The van der Waals surface area contributed by atoms with Gasteiger partial charge in [0.2, 0.25) is 0 Å². The zero-order valence-corrected chi connectivity index (χ0v) is 15.2. The van der Waals surface area contributed by atoms with Crippen LogP contribution in [0.1, 0.15) is 55.0 Å². The van der Waals surface area contributed by atoms with Crippen molar-refractivity contribution in [2.75, 3.05) is 6.61 Å². The van der Waals surface area contributed by atoms with Gasteiger partial charge >= 0.3 is 0 Å². The molecule has 0 spiro atoms. The highest BCUT2D eigenvalue weighted by Gasteiger charge is 2.13. The van der Waals surface area contributed by atoms with E-state index < -0.39 is 0 Å². The molecule has 3 heteroatoms. The van der Waals surface area contributed by atoms with Crippen LogP contribution in [-0.2, 0) is 4.79 Å². The molecule has 1 N–H and O–H groups in total. The summed E-state index contributed by atoms with van der Waals surface area (Å²) < 4.78 is 5.74. The van der Waals surface area contributed by atoms with Crippen LogP contribution in [0.2, 0.25) is 0 Å². The largest absolute Gasteiger partial charge is 0.483 e. The minimum absolute atomic E-state index is 0.0267. The van der Waals surface area contributed by atoms with E-state index in [-0.39, 0.29) is 18.6 Å². The summed E-state index contributed by atoms with van der Waals surface area (Å²) in [6.07, 6.45) is 0. The van der Waals surface area contributed by atoms with Crippen molar-refractivity contribution in [3.05, 3.63) is 64.7 Å². The van der Waals surface area contributed by atoms with Crippen LogP contribution in [0.4, 0.5) is 0 Å². The quantitative estimate of drug-likeness (QED) is 0.837. The number of amides is 1. The first-order valence-corrected chi connectivity index (χ1v) is 8.46. The van der Waals surface area contributed by atoms with Crippen LogP contribution in [0.15, 0.2) is 42.5 Å². The number of benzene rings is 2. The zero-order valence-electron chi connectivity index (χ0n) is 15.2. The number of carbonyl (C=O) groups excluding carboxylic acids is 1. The summed E-state index contributed by atoms with van der Waals surface area (Å²) in [5.41, 5.74) is 4.64. The van der Waals surface area contributed by atoms with E-state index in [2.05, 4.69) is 51.2 Å². The number of nitrogens with one attached hydrogen (secondary N) is 1. The summed E-state index contributed by atoms with van der Waals surface area (Å²) in [4.78, 5) is 12.2. The normalized spacial score (nSPS) is 12.1. The Kier molecular flexibility index (Phi) is 6.02. The first-order valence-electron chi connectivity index (χ1n) is 8.46. The molecule has 0 radical (unpaired) electrons. The number of hydrogen-bond acceptors (Lipinski definition) is 2. The van der Waals surface area contributed by atoms with Gasteiger partial charge in [0, 0.05) is 0 Å². The number of rotatable bonds is 6. The van der Waals surface area contributed by atoms with Crippen molar-refractivity contribution in [3.63, 3.8) is 0 Å². The molecule has 0 heterocycles. The molecule has 1 amide bonds. The van der Waals surface area contributed by atoms with Gasteiger partial charge in [-0.2, -0.15) is 0 Å². The third-order valence-corrected chi connectivity index (χ3v) is 4.18. The molecular formula is C21H27NO2. The maximum absolute atomic E-state index is 12.2. The zero-order chi connectivity index (χ0) is 17.7. The average molecular weight is 325 g/mol. The van der Waals surface area contributed by atoms with Crippen molar-refractivity contribution in [3.8, 4) is 5.75 Å². The van der Waals surface area contributed by atoms with Crippen LogP contribution in [-0.4, -0.2) is 12.5 Å². The highest BCUT2D eigenvalue weighted by atomic mass is 16.5. The smallest absolute Gasteiger partial charge is 0.258 e. The van der Waals surface area contributed by atoms with Crippen LogP contribution in [0.25, 0.3) is 0 Å². The molecule has 2 aromatic carbocycles. The van der Waals surface area contributed by atoms with Gasteiger partial charge in [-0.3, -0.25) is 4.79 Å². The summed E-state index contributed by atoms with van der Waals surface area (Å²) >= 11 is 0. The lowest BCUT2D eigenvalue weighted by molar-refractivity contribution is -0.123. The lowest BCUT2D eigenvalue weighted by Crippen LogP contribution is -2.31. The summed E-state index contributed by atoms with van der Waals surface area (Å²) in [6.45, 7) is 10.4. The lowest BCUT2D eigenvalue weighted by Gasteiger charge is -2.18. The van der Waals surface area contributed by atoms with Gasteiger partial charge in [-0.25, -0.2) is 0 Å². The second-order valence-corrected chi connectivity index (χ2v) is 6.63. The Labute approximate surface area is 145 Å². The third-order valence-electron chi connectivity index (χ3n) is 4.18. The minimum Gasteiger partial charge on any atom is -0.483 e. The molecule has 0 bridgehead atoms. The predicted molar refractivity (Wildman–Crippen MR) is 98.5 cm³/mol. The number of ether oxygens (including phenoxy) is 1. The SMILES string of the molecule is Cc1ccc(C)c([C@@H](C)NC(=O)COc2ccccc2C(C)C)c1. The van der Waals surface area contributed by atoms with Crippen molar-refractivity contribution < 1.29 is 9.53 Å². The van der Waals surface area contributed by atoms with E-state index in [0.29, 0.717) is 5.92 Å². The molecule has 24 heavy (non-hydrogen) atoms. The average Bonchev–Trinajstić information content (AvgIpc) is 2.55. The molecule has 128 valence electrons. The van der Waals surface area contributed by atoms with Gasteiger partial charge < -0.3 is 10.1 Å². The number of para-hydroxylation sites is 1. The Morgan fingerprint density at radius 2 is 1.75 bits per heavy atom. The van der Waals surface area contributed by atoms with Crippen molar-refractivity contribution in [1.82, 2.24) is 5.32 Å². The Hall–Kier alpha value is -2.29. The molecule has 2 rings (SSSR count). The van der Waals surface area contributed by atoms with Crippen LogP contribution < -0.4 is 10.1 Å². The topological polar surface area (TPSA) is 38.3 Å². The highest BCUT2D eigenvalue weighted by Crippen LogP contribution is 2.25. The number of hydrogen-bond donors (Lipinski definition) is 1.